The molecular weight excluding hydrogens is 276 g/mol. The highest BCUT2D eigenvalue weighted by atomic mass is 16.5. The average molecular weight is 298 g/mol. The minimum absolute atomic E-state index is 0.465. The van der Waals surface area contributed by atoms with E-state index in [9.17, 15) is 5.11 Å². The SMILES string of the molecule is COc1ccc(C=CC(O)Cc2nc(C)c(C)nc2C)cc1. The molecular formula is C18H22N2O2. The summed E-state index contributed by atoms with van der Waals surface area (Å²) in [5.74, 6) is 0.818. The van der Waals surface area contributed by atoms with Gasteiger partial charge < -0.3 is 9.84 Å². The zero-order valence-corrected chi connectivity index (χ0v) is 13.5. The van der Waals surface area contributed by atoms with Crippen LogP contribution in [0.25, 0.3) is 6.08 Å². The molecule has 1 heterocycles. The first-order valence-electron chi connectivity index (χ1n) is 7.30. The van der Waals surface area contributed by atoms with Gasteiger partial charge in [-0.3, -0.25) is 9.97 Å². The van der Waals surface area contributed by atoms with E-state index in [1.807, 2.05) is 51.1 Å². The van der Waals surface area contributed by atoms with Gasteiger partial charge in [0, 0.05) is 6.42 Å². The van der Waals surface area contributed by atoms with Gasteiger partial charge in [-0.2, -0.15) is 0 Å². The van der Waals surface area contributed by atoms with Gasteiger partial charge in [-0.25, -0.2) is 0 Å². The van der Waals surface area contributed by atoms with Gasteiger partial charge in [0.15, 0.2) is 0 Å². The maximum Gasteiger partial charge on any atom is 0.118 e. The number of ether oxygens (including phenoxy) is 1. The number of hydrogen-bond donors (Lipinski definition) is 1. The highest BCUT2D eigenvalue weighted by molar-refractivity contribution is 5.51. The van der Waals surface area contributed by atoms with Crippen LogP contribution in [0.5, 0.6) is 5.75 Å². The Kier molecular flexibility index (Phi) is 5.28. The molecule has 2 aromatic rings. The van der Waals surface area contributed by atoms with Crippen molar-refractivity contribution >= 4 is 6.08 Å². The summed E-state index contributed by atoms with van der Waals surface area (Å²) in [6.07, 6.45) is 3.55. The van der Waals surface area contributed by atoms with Crippen molar-refractivity contribution in [2.24, 2.45) is 0 Å². The van der Waals surface area contributed by atoms with Gasteiger partial charge in [-0.15, -0.1) is 0 Å². The largest absolute Gasteiger partial charge is 0.497 e. The van der Waals surface area contributed by atoms with Crippen molar-refractivity contribution in [2.45, 2.75) is 33.3 Å². The third-order valence-corrected chi connectivity index (χ3v) is 3.61. The fourth-order valence-electron chi connectivity index (χ4n) is 2.16. The lowest BCUT2D eigenvalue weighted by Crippen LogP contribution is -2.12. The van der Waals surface area contributed by atoms with Crippen LogP contribution in [0, 0.1) is 20.8 Å². The molecule has 1 aromatic carbocycles. The number of nitrogens with zero attached hydrogens (tertiary/aromatic N) is 2. The van der Waals surface area contributed by atoms with Crippen LogP contribution in [-0.2, 0) is 6.42 Å². The quantitative estimate of drug-likeness (QED) is 0.922. The number of benzene rings is 1. The summed E-state index contributed by atoms with van der Waals surface area (Å²) in [5.41, 5.74) is 4.58. The van der Waals surface area contributed by atoms with Crippen molar-refractivity contribution in [1.29, 1.82) is 0 Å². The molecule has 0 aliphatic heterocycles. The molecule has 2 rings (SSSR count). The highest BCUT2D eigenvalue weighted by Crippen LogP contribution is 2.14. The van der Waals surface area contributed by atoms with Crippen molar-refractivity contribution in [2.75, 3.05) is 7.11 Å². The first-order chi connectivity index (χ1) is 10.5. The maximum atomic E-state index is 10.2. The summed E-state index contributed by atoms with van der Waals surface area (Å²) in [6.45, 7) is 5.80. The van der Waals surface area contributed by atoms with Gasteiger partial charge in [0.05, 0.1) is 36.0 Å². The molecule has 4 heteroatoms. The Bertz CT molecular complexity index is 664. The van der Waals surface area contributed by atoms with Gasteiger partial charge in [-0.1, -0.05) is 24.3 Å². The molecule has 0 aliphatic carbocycles. The molecule has 0 spiro atoms. The molecule has 22 heavy (non-hydrogen) atoms. The monoisotopic (exact) mass is 298 g/mol. The van der Waals surface area contributed by atoms with Crippen LogP contribution < -0.4 is 4.74 Å². The lowest BCUT2D eigenvalue weighted by molar-refractivity contribution is 0.223. The molecule has 0 saturated carbocycles. The summed E-state index contributed by atoms with van der Waals surface area (Å²) in [4.78, 5) is 8.97. The molecule has 1 unspecified atom stereocenters. The molecule has 0 fully saturated rings. The molecule has 1 atom stereocenters. The predicted octanol–water partition coefficient (Wildman–Crippen LogP) is 3.03. The molecule has 4 nitrogen and oxygen atoms in total. The van der Waals surface area contributed by atoms with E-state index in [-0.39, 0.29) is 0 Å². The van der Waals surface area contributed by atoms with E-state index in [1.165, 1.54) is 0 Å². The molecule has 116 valence electrons. The van der Waals surface area contributed by atoms with Crippen LogP contribution >= 0.6 is 0 Å². The van der Waals surface area contributed by atoms with Gasteiger partial charge in [0.1, 0.15) is 5.75 Å². The average Bonchev–Trinajstić information content (AvgIpc) is 2.51. The Hall–Kier alpha value is -2.20. The van der Waals surface area contributed by atoms with Crippen molar-refractivity contribution in [1.82, 2.24) is 9.97 Å². The van der Waals surface area contributed by atoms with Gasteiger partial charge >= 0.3 is 0 Å². The fraction of sp³-hybridized carbons (Fsp3) is 0.333. The van der Waals surface area contributed by atoms with E-state index in [4.69, 9.17) is 4.74 Å². The molecule has 1 N–H and O–H groups in total. The van der Waals surface area contributed by atoms with Gasteiger partial charge in [0.2, 0.25) is 0 Å². The van der Waals surface area contributed by atoms with Crippen LogP contribution in [0.4, 0.5) is 0 Å². The number of rotatable bonds is 5. The minimum Gasteiger partial charge on any atom is -0.497 e. The number of aliphatic hydroxyl groups is 1. The van der Waals surface area contributed by atoms with Gasteiger partial charge in [0.25, 0.3) is 0 Å². The Balaban J connectivity index is 2.04. The van der Waals surface area contributed by atoms with Crippen LogP contribution in [0.2, 0.25) is 0 Å². The summed E-state index contributed by atoms with van der Waals surface area (Å²) >= 11 is 0. The van der Waals surface area contributed by atoms with E-state index < -0.39 is 6.10 Å². The zero-order valence-electron chi connectivity index (χ0n) is 13.5. The third-order valence-electron chi connectivity index (χ3n) is 3.61. The molecule has 0 radical (unpaired) electrons. The number of hydrogen-bond acceptors (Lipinski definition) is 4. The highest BCUT2D eigenvalue weighted by Gasteiger charge is 2.09. The number of methoxy groups -OCH3 is 1. The van der Waals surface area contributed by atoms with Crippen LogP contribution in [0.15, 0.2) is 30.3 Å². The standard InChI is InChI=1S/C18H22N2O2/c1-12-13(2)20-18(14(3)19-12)11-16(21)8-5-15-6-9-17(22-4)10-7-15/h5-10,16,21H,11H2,1-4H3. The molecule has 0 bridgehead atoms. The lowest BCUT2D eigenvalue weighted by atomic mass is 10.1. The summed E-state index contributed by atoms with van der Waals surface area (Å²) in [5, 5.41) is 10.2. The van der Waals surface area contributed by atoms with Crippen molar-refractivity contribution in [3.05, 3.63) is 58.7 Å². The van der Waals surface area contributed by atoms with E-state index in [0.717, 1.165) is 34.1 Å². The van der Waals surface area contributed by atoms with Crippen molar-refractivity contribution < 1.29 is 9.84 Å². The predicted molar refractivity (Wildman–Crippen MR) is 88.0 cm³/mol. The Morgan fingerprint density at radius 1 is 1.05 bits per heavy atom. The first-order valence-corrected chi connectivity index (χ1v) is 7.30. The Morgan fingerprint density at radius 2 is 1.68 bits per heavy atom. The number of aromatic nitrogens is 2. The van der Waals surface area contributed by atoms with Crippen LogP contribution in [-0.4, -0.2) is 28.3 Å². The van der Waals surface area contributed by atoms with Crippen LogP contribution in [0.1, 0.15) is 28.3 Å². The molecule has 0 aliphatic rings. The number of aryl methyl sites for hydroxylation is 3. The zero-order chi connectivity index (χ0) is 16.1. The van der Waals surface area contributed by atoms with E-state index >= 15 is 0 Å². The second-order valence-electron chi connectivity index (χ2n) is 5.33. The van der Waals surface area contributed by atoms with Crippen LogP contribution in [0.3, 0.4) is 0 Å². The smallest absolute Gasteiger partial charge is 0.118 e. The lowest BCUT2D eigenvalue weighted by Gasteiger charge is -2.10. The van der Waals surface area contributed by atoms with E-state index in [2.05, 4.69) is 9.97 Å². The number of aliphatic hydroxyl groups excluding tert-OH is 1. The molecule has 1 aromatic heterocycles. The van der Waals surface area contributed by atoms with E-state index in [1.54, 1.807) is 13.2 Å². The third kappa shape index (κ3) is 4.15. The summed E-state index contributed by atoms with van der Waals surface area (Å²) in [6, 6.07) is 7.68. The second-order valence-corrected chi connectivity index (χ2v) is 5.33. The summed E-state index contributed by atoms with van der Waals surface area (Å²) < 4.78 is 5.12. The second kappa shape index (κ2) is 7.18. The fourth-order valence-corrected chi connectivity index (χ4v) is 2.16. The molecule has 0 amide bonds. The van der Waals surface area contributed by atoms with Gasteiger partial charge in [-0.05, 0) is 38.5 Å². The topological polar surface area (TPSA) is 55.2 Å². The molecule has 0 saturated heterocycles. The first kappa shape index (κ1) is 16.2. The van der Waals surface area contributed by atoms with E-state index in [0.29, 0.717) is 6.42 Å². The Labute approximate surface area is 131 Å². The van der Waals surface area contributed by atoms with Crippen molar-refractivity contribution in [3.63, 3.8) is 0 Å². The summed E-state index contributed by atoms with van der Waals surface area (Å²) in [7, 11) is 1.64. The normalized spacial score (nSPS) is 12.6. The Morgan fingerprint density at radius 3 is 2.32 bits per heavy atom. The maximum absolute atomic E-state index is 10.2. The van der Waals surface area contributed by atoms with Crippen molar-refractivity contribution in [3.8, 4) is 5.75 Å². The minimum atomic E-state index is -0.586.